The molecule has 1 fully saturated rings. The lowest BCUT2D eigenvalue weighted by Crippen LogP contribution is -3.13. The minimum absolute atomic E-state index is 0.835. The second kappa shape index (κ2) is 7.07. The molecule has 2 aromatic rings. The number of ether oxygens (including phenoxy) is 1. The average molecular weight is 364 g/mol. The molecule has 1 aromatic heterocycles. The van der Waals surface area contributed by atoms with E-state index in [1.807, 2.05) is 18.2 Å². The number of rotatable bonds is 4. The summed E-state index contributed by atoms with van der Waals surface area (Å²) in [6.45, 7) is 5.10. The van der Waals surface area contributed by atoms with Crippen LogP contribution in [0.15, 0.2) is 41.1 Å². The topological polar surface area (TPSA) is 42.7 Å². The summed E-state index contributed by atoms with van der Waals surface area (Å²) in [6, 6.07) is 8.04. The number of methoxy groups -OCH3 is 1. The zero-order chi connectivity index (χ0) is 15.4. The van der Waals surface area contributed by atoms with E-state index in [1.165, 1.54) is 5.56 Å². The normalized spacial score (nSPS) is 15.8. The fraction of sp³-hybridized carbons (Fsp3) is 0.375. The molecule has 1 aromatic carbocycles. The van der Waals surface area contributed by atoms with Crippen LogP contribution in [0.2, 0.25) is 0 Å². The van der Waals surface area contributed by atoms with Gasteiger partial charge in [0.25, 0.3) is 0 Å². The Kier molecular flexibility index (Phi) is 4.90. The standard InChI is InChI=1S/C16H19BrN4O/c1-22-15-4-3-14(17)11-13(15)12-20-7-9-21(10-8-20)16-18-5-2-6-19-16/h2-6,11H,7-10,12H2,1H3/p+1. The number of benzene rings is 1. The first-order valence-corrected chi connectivity index (χ1v) is 8.23. The molecule has 0 saturated carbocycles. The first-order chi connectivity index (χ1) is 10.8. The Balaban J connectivity index is 1.62. The van der Waals surface area contributed by atoms with Crippen LogP contribution in [-0.4, -0.2) is 43.3 Å². The number of anilines is 1. The maximum atomic E-state index is 5.47. The van der Waals surface area contributed by atoms with Crippen molar-refractivity contribution in [3.63, 3.8) is 0 Å². The van der Waals surface area contributed by atoms with Gasteiger partial charge in [-0.15, -0.1) is 0 Å². The molecule has 1 N–H and O–H groups in total. The summed E-state index contributed by atoms with van der Waals surface area (Å²) in [5, 5.41) is 0. The number of nitrogens with zero attached hydrogens (tertiary/aromatic N) is 3. The van der Waals surface area contributed by atoms with Crippen molar-refractivity contribution in [3.8, 4) is 5.75 Å². The Morgan fingerprint density at radius 3 is 2.64 bits per heavy atom. The van der Waals surface area contributed by atoms with Crippen LogP contribution in [0.5, 0.6) is 5.75 Å². The molecule has 5 nitrogen and oxygen atoms in total. The second-order valence-electron chi connectivity index (χ2n) is 5.42. The SMILES string of the molecule is COc1ccc(Br)cc1C[NH+]1CCN(c2ncccn2)CC1. The number of piperazine rings is 1. The van der Waals surface area contributed by atoms with Crippen LogP contribution in [0.1, 0.15) is 5.56 Å². The van der Waals surface area contributed by atoms with Crippen LogP contribution >= 0.6 is 15.9 Å². The maximum Gasteiger partial charge on any atom is 0.225 e. The van der Waals surface area contributed by atoms with E-state index in [0.717, 1.165) is 48.9 Å². The smallest absolute Gasteiger partial charge is 0.225 e. The van der Waals surface area contributed by atoms with E-state index in [0.29, 0.717) is 0 Å². The first-order valence-electron chi connectivity index (χ1n) is 7.44. The zero-order valence-electron chi connectivity index (χ0n) is 12.6. The highest BCUT2D eigenvalue weighted by Crippen LogP contribution is 2.22. The van der Waals surface area contributed by atoms with Gasteiger partial charge in [0.1, 0.15) is 12.3 Å². The summed E-state index contributed by atoms with van der Waals surface area (Å²) in [5.74, 6) is 1.80. The van der Waals surface area contributed by atoms with Gasteiger partial charge in [0.2, 0.25) is 5.95 Å². The van der Waals surface area contributed by atoms with Gasteiger partial charge >= 0.3 is 0 Å². The van der Waals surface area contributed by atoms with Gasteiger partial charge in [0.05, 0.1) is 33.3 Å². The Bertz CT molecular complexity index is 615. The highest BCUT2D eigenvalue weighted by molar-refractivity contribution is 9.10. The maximum absolute atomic E-state index is 5.47. The van der Waals surface area contributed by atoms with Crippen molar-refractivity contribution < 1.29 is 9.64 Å². The number of quaternary nitrogens is 1. The summed E-state index contributed by atoms with van der Waals surface area (Å²) in [6.07, 6.45) is 3.60. The quantitative estimate of drug-likeness (QED) is 0.884. The molecule has 22 heavy (non-hydrogen) atoms. The molecule has 6 heteroatoms. The van der Waals surface area contributed by atoms with Crippen LogP contribution in [0.4, 0.5) is 5.95 Å². The van der Waals surface area contributed by atoms with Gasteiger partial charge in [-0.2, -0.15) is 0 Å². The second-order valence-corrected chi connectivity index (χ2v) is 6.33. The minimum Gasteiger partial charge on any atom is -0.496 e. The largest absolute Gasteiger partial charge is 0.496 e. The number of hydrogen-bond donors (Lipinski definition) is 1. The fourth-order valence-corrected chi connectivity index (χ4v) is 3.22. The molecule has 1 saturated heterocycles. The number of aromatic nitrogens is 2. The fourth-order valence-electron chi connectivity index (χ4n) is 2.81. The van der Waals surface area contributed by atoms with Gasteiger partial charge in [0.15, 0.2) is 0 Å². The van der Waals surface area contributed by atoms with Crippen molar-refractivity contribution in [2.24, 2.45) is 0 Å². The van der Waals surface area contributed by atoms with E-state index in [2.05, 4.69) is 36.9 Å². The van der Waals surface area contributed by atoms with E-state index in [9.17, 15) is 0 Å². The van der Waals surface area contributed by atoms with Crippen molar-refractivity contribution in [2.45, 2.75) is 6.54 Å². The van der Waals surface area contributed by atoms with Gasteiger partial charge in [-0.05, 0) is 24.3 Å². The molecule has 0 amide bonds. The van der Waals surface area contributed by atoms with Crippen molar-refractivity contribution in [1.29, 1.82) is 0 Å². The monoisotopic (exact) mass is 363 g/mol. The summed E-state index contributed by atoms with van der Waals surface area (Å²) >= 11 is 3.54. The minimum atomic E-state index is 0.835. The van der Waals surface area contributed by atoms with Crippen molar-refractivity contribution >= 4 is 21.9 Å². The Labute approximate surface area is 139 Å². The summed E-state index contributed by atoms with van der Waals surface area (Å²) in [5.41, 5.74) is 1.25. The molecule has 1 aliphatic rings. The molecule has 3 rings (SSSR count). The number of nitrogens with one attached hydrogen (secondary N) is 1. The molecule has 0 spiro atoms. The molecule has 2 heterocycles. The van der Waals surface area contributed by atoms with E-state index < -0.39 is 0 Å². The molecular formula is C16H20BrN4O+. The molecular weight excluding hydrogens is 344 g/mol. The van der Waals surface area contributed by atoms with Crippen molar-refractivity contribution in [1.82, 2.24) is 9.97 Å². The van der Waals surface area contributed by atoms with Crippen molar-refractivity contribution in [2.75, 3.05) is 38.2 Å². The van der Waals surface area contributed by atoms with E-state index in [1.54, 1.807) is 24.4 Å². The predicted molar refractivity (Wildman–Crippen MR) is 89.3 cm³/mol. The van der Waals surface area contributed by atoms with Gasteiger partial charge < -0.3 is 14.5 Å². The van der Waals surface area contributed by atoms with Gasteiger partial charge in [-0.3, -0.25) is 0 Å². The van der Waals surface area contributed by atoms with Gasteiger partial charge in [-0.1, -0.05) is 15.9 Å². The molecule has 0 radical (unpaired) electrons. The third-order valence-electron chi connectivity index (χ3n) is 3.99. The lowest BCUT2D eigenvalue weighted by molar-refractivity contribution is -0.914. The first kappa shape index (κ1) is 15.2. The average Bonchev–Trinajstić information content (AvgIpc) is 2.57. The van der Waals surface area contributed by atoms with Crippen LogP contribution in [-0.2, 0) is 6.54 Å². The molecule has 0 aliphatic carbocycles. The third-order valence-corrected chi connectivity index (χ3v) is 4.48. The van der Waals surface area contributed by atoms with Crippen LogP contribution in [0.25, 0.3) is 0 Å². The van der Waals surface area contributed by atoms with Crippen LogP contribution in [0, 0.1) is 0 Å². The van der Waals surface area contributed by atoms with E-state index in [-0.39, 0.29) is 0 Å². The van der Waals surface area contributed by atoms with Crippen molar-refractivity contribution in [3.05, 3.63) is 46.7 Å². The molecule has 0 unspecified atom stereocenters. The van der Waals surface area contributed by atoms with Crippen LogP contribution in [0.3, 0.4) is 0 Å². The lowest BCUT2D eigenvalue weighted by Gasteiger charge is -2.32. The summed E-state index contributed by atoms with van der Waals surface area (Å²) in [7, 11) is 1.73. The molecule has 0 atom stereocenters. The predicted octanol–water partition coefficient (Wildman–Crippen LogP) is 1.15. The number of hydrogen-bond acceptors (Lipinski definition) is 4. The van der Waals surface area contributed by atoms with Gasteiger partial charge in [-0.25, -0.2) is 9.97 Å². The summed E-state index contributed by atoms with van der Waals surface area (Å²) < 4.78 is 6.56. The third kappa shape index (κ3) is 3.56. The van der Waals surface area contributed by atoms with E-state index >= 15 is 0 Å². The van der Waals surface area contributed by atoms with Crippen LogP contribution < -0.4 is 14.5 Å². The Hall–Kier alpha value is -1.66. The van der Waals surface area contributed by atoms with Gasteiger partial charge in [0, 0.05) is 22.4 Å². The molecule has 1 aliphatic heterocycles. The zero-order valence-corrected chi connectivity index (χ0v) is 14.2. The Morgan fingerprint density at radius 1 is 1.23 bits per heavy atom. The molecule has 0 bridgehead atoms. The Morgan fingerprint density at radius 2 is 1.95 bits per heavy atom. The lowest BCUT2D eigenvalue weighted by atomic mass is 10.1. The summed E-state index contributed by atoms with van der Waals surface area (Å²) in [4.78, 5) is 12.5. The highest BCUT2D eigenvalue weighted by Gasteiger charge is 2.22. The molecule has 116 valence electrons. The number of halogens is 1. The van der Waals surface area contributed by atoms with E-state index in [4.69, 9.17) is 4.74 Å². The highest BCUT2D eigenvalue weighted by atomic mass is 79.9.